The van der Waals surface area contributed by atoms with Gasteiger partial charge in [-0.05, 0) is 214 Å². The van der Waals surface area contributed by atoms with Crippen LogP contribution in [0.5, 0.6) is 0 Å². The third-order valence-electron chi connectivity index (χ3n) is 25.4. The summed E-state index contributed by atoms with van der Waals surface area (Å²) in [5.41, 5.74) is 1.63. The van der Waals surface area contributed by atoms with Crippen molar-refractivity contribution in [3.05, 3.63) is 0 Å². The molecule has 0 spiro atoms. The molecule has 0 heterocycles. The number of nitrogens with one attached hydrogen (secondary N) is 1. The zero-order chi connectivity index (χ0) is 65.1. The van der Waals surface area contributed by atoms with E-state index in [1.165, 1.54) is 393 Å². The maximum atomic E-state index is 13.6. The van der Waals surface area contributed by atoms with Crippen molar-refractivity contribution >= 4 is 5.91 Å². The van der Waals surface area contributed by atoms with Crippen molar-refractivity contribution < 1.29 is 4.79 Å². The molecule has 1 N–H and O–H groups in total. The van der Waals surface area contributed by atoms with Crippen LogP contribution >= 0.6 is 0 Å². The van der Waals surface area contributed by atoms with Crippen molar-refractivity contribution in [2.24, 2.45) is 45.8 Å². The number of hydrogen-bond donors (Lipinski definition) is 1. The number of rotatable bonds is 61. The first-order valence-corrected chi connectivity index (χ1v) is 42.5. The second-order valence-corrected chi connectivity index (χ2v) is 32.4. The number of carbonyl (C=O) groups is 1. The fraction of sp³-hybridized carbons (Fsp3) is 0.988. The van der Waals surface area contributed by atoms with Crippen LogP contribution in [0.15, 0.2) is 0 Å². The summed E-state index contributed by atoms with van der Waals surface area (Å²) in [6.07, 6.45) is 78.4. The quantitative estimate of drug-likeness (QED) is 0.0616. The summed E-state index contributed by atoms with van der Waals surface area (Å²) in [4.78, 5) is 22.3. The van der Waals surface area contributed by atoms with Crippen LogP contribution in [-0.2, 0) is 4.79 Å². The van der Waals surface area contributed by atoms with E-state index >= 15 is 0 Å². The molecule has 5 heteroatoms. The van der Waals surface area contributed by atoms with Crippen LogP contribution in [0.2, 0.25) is 0 Å². The lowest BCUT2D eigenvalue weighted by Crippen LogP contribution is -2.56. The van der Waals surface area contributed by atoms with E-state index < -0.39 is 0 Å². The monoisotopic (exact) mass is 1260 g/mol. The fourth-order valence-corrected chi connectivity index (χ4v) is 19.2. The Kier molecular flexibility index (Phi) is 50.5. The lowest BCUT2D eigenvalue weighted by molar-refractivity contribution is -0.154. The zero-order valence-electron chi connectivity index (χ0n) is 63.8. The Hall–Kier alpha value is -0.650. The number of hydrogen-bond acceptors (Lipinski definition) is 4. The van der Waals surface area contributed by atoms with E-state index in [9.17, 15) is 4.79 Å². The van der Waals surface area contributed by atoms with Crippen LogP contribution in [0.25, 0.3) is 0 Å². The molecule has 0 radical (unpaired) electrons. The van der Waals surface area contributed by atoms with Gasteiger partial charge >= 0.3 is 0 Å². The lowest BCUT2D eigenvalue weighted by atomic mass is 9.40. The minimum Gasteiger partial charge on any atom is -0.356 e. The molecule has 0 saturated heterocycles. The van der Waals surface area contributed by atoms with Gasteiger partial charge in [-0.25, -0.2) is 0 Å². The van der Waals surface area contributed by atoms with Crippen molar-refractivity contribution in [1.82, 2.24) is 20.0 Å². The summed E-state index contributed by atoms with van der Waals surface area (Å²) < 4.78 is 0. The molecule has 0 aliphatic heterocycles. The molecule has 4 fully saturated rings. The van der Waals surface area contributed by atoms with Gasteiger partial charge in [0.05, 0.1) is 0 Å². The molecule has 1 amide bonds. The minimum atomic E-state index is 0.316. The van der Waals surface area contributed by atoms with Crippen LogP contribution in [0.1, 0.15) is 429 Å². The number of carbonyl (C=O) groups excluding carboxylic acids is 1. The van der Waals surface area contributed by atoms with Gasteiger partial charge in [-0.1, -0.05) is 313 Å². The normalized spacial score (nSPS) is 23.5. The van der Waals surface area contributed by atoms with E-state index in [1.807, 2.05) is 13.8 Å². The van der Waals surface area contributed by atoms with Crippen molar-refractivity contribution in [3.8, 4) is 0 Å². The first kappa shape index (κ1) is 83.6. The van der Waals surface area contributed by atoms with Crippen LogP contribution < -0.4 is 5.32 Å². The number of unbranched alkanes of at least 4 members (excludes halogenated alkanes) is 37. The maximum Gasteiger partial charge on any atom is 0.220 e. The van der Waals surface area contributed by atoms with Gasteiger partial charge in [0.2, 0.25) is 5.91 Å². The van der Waals surface area contributed by atoms with E-state index in [-0.39, 0.29) is 0 Å². The number of amides is 1. The Morgan fingerprint density at radius 1 is 0.378 bits per heavy atom. The second kappa shape index (κ2) is 54.4. The van der Waals surface area contributed by atoms with Crippen molar-refractivity contribution in [1.29, 1.82) is 0 Å². The smallest absolute Gasteiger partial charge is 0.220 e. The van der Waals surface area contributed by atoms with Crippen LogP contribution in [0.4, 0.5) is 0 Å². The average Bonchev–Trinajstić information content (AvgIpc) is 1.26. The molecule has 0 aromatic heterocycles. The molecular formula is C85H168N4O. The molecule has 4 rings (SSSR count). The Morgan fingerprint density at radius 2 is 0.711 bits per heavy atom. The highest BCUT2D eigenvalue weighted by molar-refractivity contribution is 5.75. The van der Waals surface area contributed by atoms with Crippen LogP contribution in [-0.4, -0.2) is 86.1 Å². The standard InChI is InChI=1S/C83H162N4O.C2H6/c1-9-13-17-21-25-29-33-37-41-47-66-85(72-53-65-84-80(88)58-55-75(5)77-56-57-78-76-59-63-81(6)61-45-46-62-83(81,8)79(76)60-64-82(77,78)7)70-51-52-71-87(69-50-44-40-36-32-28-24-20-16-12-4)74-54-73-86(67-48-42-38-34-30-26-22-18-14-10-2)68-49-43-39-35-31-27-23-19-15-11-3;1-2/h75-79H,9-74H2,1-8H3,(H,84,88);1-2H3/t75-,76?,77?,78?,79?,81?,82?,83?;/m1./s1. The van der Waals surface area contributed by atoms with Crippen LogP contribution in [0.3, 0.4) is 0 Å². The summed E-state index contributed by atoms with van der Waals surface area (Å²) in [5.74, 6) is 4.58. The highest BCUT2D eigenvalue weighted by atomic mass is 16.1. The topological polar surface area (TPSA) is 38.8 Å². The van der Waals surface area contributed by atoms with Crippen molar-refractivity contribution in [2.45, 2.75) is 429 Å². The summed E-state index contributed by atoms with van der Waals surface area (Å²) in [6.45, 7) is 36.3. The van der Waals surface area contributed by atoms with Gasteiger partial charge < -0.3 is 20.0 Å². The highest BCUT2D eigenvalue weighted by Crippen LogP contribution is 2.71. The molecule has 5 nitrogen and oxygen atoms in total. The predicted molar refractivity (Wildman–Crippen MR) is 402 cm³/mol. The lowest BCUT2D eigenvalue weighted by Gasteiger charge is -2.65. The van der Waals surface area contributed by atoms with E-state index in [0.29, 0.717) is 28.1 Å². The first-order valence-electron chi connectivity index (χ1n) is 42.5. The Labute approximate surface area is 567 Å². The van der Waals surface area contributed by atoms with Gasteiger partial charge in [-0.2, -0.15) is 0 Å². The maximum absolute atomic E-state index is 13.6. The molecule has 534 valence electrons. The van der Waals surface area contributed by atoms with Gasteiger partial charge in [-0.15, -0.1) is 0 Å². The van der Waals surface area contributed by atoms with E-state index in [2.05, 4.69) is 75.4 Å². The van der Waals surface area contributed by atoms with E-state index in [4.69, 9.17) is 0 Å². The van der Waals surface area contributed by atoms with Gasteiger partial charge in [0.15, 0.2) is 0 Å². The molecule has 8 atom stereocenters. The number of nitrogens with zero attached hydrogens (tertiary/aromatic N) is 3. The van der Waals surface area contributed by atoms with Gasteiger partial charge in [-0.3, -0.25) is 4.79 Å². The molecule has 7 unspecified atom stereocenters. The second-order valence-electron chi connectivity index (χ2n) is 32.4. The molecule has 0 aromatic rings. The molecular weight excluding hydrogens is 1090 g/mol. The summed E-state index contributed by atoms with van der Waals surface area (Å²) in [5, 5.41) is 3.47. The Balaban J connectivity index is 0.0000105. The first-order chi connectivity index (χ1) is 44.0. The highest BCUT2D eigenvalue weighted by Gasteiger charge is 2.62. The van der Waals surface area contributed by atoms with Gasteiger partial charge in [0.1, 0.15) is 0 Å². The molecule has 4 aliphatic carbocycles. The van der Waals surface area contributed by atoms with Crippen molar-refractivity contribution in [3.63, 3.8) is 0 Å². The molecule has 0 bridgehead atoms. The third-order valence-corrected chi connectivity index (χ3v) is 25.4. The molecule has 4 saturated carbocycles. The predicted octanol–water partition coefficient (Wildman–Crippen LogP) is 26.1. The Bertz CT molecular complexity index is 1580. The minimum absolute atomic E-state index is 0.316. The fourth-order valence-electron chi connectivity index (χ4n) is 19.2. The third kappa shape index (κ3) is 34.5. The summed E-state index contributed by atoms with van der Waals surface area (Å²) in [6, 6.07) is 0. The van der Waals surface area contributed by atoms with E-state index in [0.717, 1.165) is 56.0 Å². The number of fused-ring (bicyclic) bond motifs is 5. The summed E-state index contributed by atoms with van der Waals surface area (Å²) >= 11 is 0. The zero-order valence-corrected chi connectivity index (χ0v) is 63.8. The summed E-state index contributed by atoms with van der Waals surface area (Å²) in [7, 11) is 0. The molecule has 0 aromatic carbocycles. The average molecular weight is 1260 g/mol. The van der Waals surface area contributed by atoms with Crippen LogP contribution in [0, 0.1) is 45.8 Å². The molecule has 4 aliphatic rings. The van der Waals surface area contributed by atoms with Gasteiger partial charge in [0.25, 0.3) is 0 Å². The molecule has 90 heavy (non-hydrogen) atoms. The largest absolute Gasteiger partial charge is 0.356 e. The Morgan fingerprint density at radius 3 is 1.10 bits per heavy atom. The van der Waals surface area contributed by atoms with Crippen molar-refractivity contribution in [2.75, 3.05) is 65.4 Å². The van der Waals surface area contributed by atoms with E-state index in [1.54, 1.807) is 0 Å². The van der Waals surface area contributed by atoms with Gasteiger partial charge in [0, 0.05) is 13.0 Å². The SMILES string of the molecule is CC.CCCCCCCCCCCCN(CCCCN(CCCCCCCCCCCC)CCCN(CCCCCCCCCCCC)CCCCCCCCCCCC)CCCNC(=O)CC[C@@H](C)C1CCC2C3CCC4(C)CCCCC4(C)C3CCC21C.